The van der Waals surface area contributed by atoms with Crippen LogP contribution in [-0.4, -0.2) is 35.5 Å². The third kappa shape index (κ3) is 2.54. The first-order valence-corrected chi connectivity index (χ1v) is 8.31. The van der Waals surface area contributed by atoms with Crippen LogP contribution in [0.15, 0.2) is 48.7 Å². The van der Waals surface area contributed by atoms with Gasteiger partial charge < -0.3 is 5.11 Å². The molecule has 0 spiro atoms. The zero-order valence-electron chi connectivity index (χ0n) is 14.4. The Morgan fingerprint density at radius 2 is 1.88 bits per heavy atom. The lowest BCUT2D eigenvalue weighted by atomic mass is 10.1. The summed E-state index contributed by atoms with van der Waals surface area (Å²) in [7, 11) is 0. The highest BCUT2D eigenvalue weighted by Gasteiger charge is 2.20. The zero-order valence-corrected chi connectivity index (χ0v) is 14.4. The second kappa shape index (κ2) is 6.11. The number of carboxylic acids is 1. The smallest absolute Gasteiger partial charge is 0.354 e. The van der Waals surface area contributed by atoms with Crippen molar-refractivity contribution in [2.75, 3.05) is 0 Å². The molecule has 1 aromatic carbocycles. The van der Waals surface area contributed by atoms with Crippen molar-refractivity contribution in [3.8, 4) is 22.5 Å². The quantitative estimate of drug-likeness (QED) is 0.612. The molecule has 26 heavy (non-hydrogen) atoms. The van der Waals surface area contributed by atoms with Crippen molar-refractivity contribution >= 4 is 11.6 Å². The summed E-state index contributed by atoms with van der Waals surface area (Å²) in [6.45, 7) is 4.58. The third-order valence-corrected chi connectivity index (χ3v) is 4.27. The maximum absolute atomic E-state index is 11.8. The highest BCUT2D eigenvalue weighted by atomic mass is 16.4. The van der Waals surface area contributed by atoms with E-state index >= 15 is 0 Å². The summed E-state index contributed by atoms with van der Waals surface area (Å²) in [5, 5.41) is 18.5. The lowest BCUT2D eigenvalue weighted by Gasteiger charge is -2.05. The highest BCUT2D eigenvalue weighted by Crippen LogP contribution is 2.29. The van der Waals surface area contributed by atoms with Crippen molar-refractivity contribution in [3.05, 3.63) is 60.0 Å². The number of carboxylic acid groups (broad SMARTS) is 1. The average Bonchev–Trinajstić information content (AvgIpc) is 3.25. The maximum Gasteiger partial charge on any atom is 0.354 e. The van der Waals surface area contributed by atoms with Crippen LogP contribution in [0.25, 0.3) is 28.2 Å². The monoisotopic (exact) mass is 347 g/mol. The molecule has 7 nitrogen and oxygen atoms in total. The lowest BCUT2D eigenvalue weighted by molar-refractivity contribution is 0.0687. The van der Waals surface area contributed by atoms with Gasteiger partial charge in [0.1, 0.15) is 5.69 Å². The van der Waals surface area contributed by atoms with Crippen LogP contribution in [0.3, 0.4) is 0 Å². The van der Waals surface area contributed by atoms with Gasteiger partial charge in [-0.15, -0.1) is 0 Å². The van der Waals surface area contributed by atoms with Gasteiger partial charge in [0.2, 0.25) is 0 Å². The Morgan fingerprint density at radius 3 is 2.54 bits per heavy atom. The molecule has 3 aromatic heterocycles. The van der Waals surface area contributed by atoms with Crippen LogP contribution < -0.4 is 0 Å². The van der Waals surface area contributed by atoms with Crippen molar-refractivity contribution in [2.24, 2.45) is 0 Å². The Labute approximate surface area is 149 Å². The van der Waals surface area contributed by atoms with E-state index in [4.69, 9.17) is 4.98 Å². The van der Waals surface area contributed by atoms with Crippen molar-refractivity contribution in [1.82, 2.24) is 24.4 Å². The van der Waals surface area contributed by atoms with Gasteiger partial charge in [0.15, 0.2) is 11.3 Å². The third-order valence-electron chi connectivity index (χ3n) is 4.27. The molecule has 0 fully saturated rings. The lowest BCUT2D eigenvalue weighted by Crippen LogP contribution is -2.08. The van der Waals surface area contributed by atoms with Crippen LogP contribution in [0.5, 0.6) is 0 Å². The molecule has 0 amide bonds. The van der Waals surface area contributed by atoms with Gasteiger partial charge >= 0.3 is 5.97 Å². The first-order chi connectivity index (χ1) is 12.6. The van der Waals surface area contributed by atoms with E-state index in [2.05, 4.69) is 10.2 Å². The number of benzene rings is 1. The van der Waals surface area contributed by atoms with Gasteiger partial charge in [-0.05, 0) is 31.5 Å². The molecule has 130 valence electrons. The van der Waals surface area contributed by atoms with Crippen molar-refractivity contribution < 1.29 is 9.90 Å². The number of nitrogens with zero attached hydrogens (tertiary/aromatic N) is 5. The van der Waals surface area contributed by atoms with Crippen LogP contribution in [0.4, 0.5) is 0 Å². The highest BCUT2D eigenvalue weighted by molar-refractivity contribution is 5.90. The van der Waals surface area contributed by atoms with E-state index in [1.54, 1.807) is 4.68 Å². The number of hydrogen-bond acceptors (Lipinski definition) is 4. The summed E-state index contributed by atoms with van der Waals surface area (Å²) in [5.41, 5.74) is 4.21. The van der Waals surface area contributed by atoms with Crippen LogP contribution in [0, 0.1) is 6.92 Å². The largest absolute Gasteiger partial charge is 0.477 e. The van der Waals surface area contributed by atoms with Crippen molar-refractivity contribution in [2.45, 2.75) is 20.4 Å². The number of carbonyl (C=O) groups is 1. The summed E-state index contributed by atoms with van der Waals surface area (Å²) in [4.78, 5) is 16.5. The van der Waals surface area contributed by atoms with Gasteiger partial charge in [-0.1, -0.05) is 30.3 Å². The van der Waals surface area contributed by atoms with Crippen molar-refractivity contribution in [3.63, 3.8) is 0 Å². The second-order valence-corrected chi connectivity index (χ2v) is 5.95. The second-order valence-electron chi connectivity index (χ2n) is 5.95. The fraction of sp³-hybridized carbons (Fsp3) is 0.158. The molecule has 3 heterocycles. The van der Waals surface area contributed by atoms with Crippen LogP contribution >= 0.6 is 0 Å². The van der Waals surface area contributed by atoms with Crippen LogP contribution in [0.1, 0.15) is 23.1 Å². The molecule has 7 heteroatoms. The van der Waals surface area contributed by atoms with Gasteiger partial charge in [0, 0.05) is 18.3 Å². The Bertz CT molecular complexity index is 1110. The van der Waals surface area contributed by atoms with Gasteiger partial charge in [0.25, 0.3) is 0 Å². The first-order valence-electron chi connectivity index (χ1n) is 8.31. The minimum atomic E-state index is -1.06. The minimum absolute atomic E-state index is 0.0568. The topological polar surface area (TPSA) is 85.3 Å². The van der Waals surface area contributed by atoms with Gasteiger partial charge in [0.05, 0.1) is 11.4 Å². The zero-order chi connectivity index (χ0) is 18.3. The Kier molecular flexibility index (Phi) is 3.76. The fourth-order valence-corrected chi connectivity index (χ4v) is 3.02. The van der Waals surface area contributed by atoms with E-state index in [1.165, 1.54) is 10.6 Å². The van der Waals surface area contributed by atoms with Crippen LogP contribution in [0.2, 0.25) is 0 Å². The molecule has 0 saturated carbocycles. The minimum Gasteiger partial charge on any atom is -0.477 e. The Hall–Kier alpha value is -3.48. The molecular formula is C19H17N5O2. The number of aryl methyl sites for hydroxylation is 2. The standard InChI is InChI=1S/C19H17N5O2/c1-3-23-10-9-14(22-23)15-11-16(19(25)26)24-18(20-15)17(12(2)21-24)13-7-5-4-6-8-13/h4-11H,3H2,1-2H3,(H,25,26). The average molecular weight is 347 g/mol. The number of aromatic nitrogens is 5. The summed E-state index contributed by atoms with van der Waals surface area (Å²) in [6.07, 6.45) is 1.85. The predicted molar refractivity (Wildman–Crippen MR) is 97.0 cm³/mol. The van der Waals surface area contributed by atoms with E-state index in [1.807, 2.05) is 56.4 Å². The van der Waals surface area contributed by atoms with Crippen LogP contribution in [-0.2, 0) is 6.54 Å². The van der Waals surface area contributed by atoms with Crippen molar-refractivity contribution in [1.29, 1.82) is 0 Å². The normalized spacial score (nSPS) is 11.2. The number of fused-ring (bicyclic) bond motifs is 1. The van der Waals surface area contributed by atoms with Gasteiger partial charge in [-0.25, -0.2) is 14.3 Å². The predicted octanol–water partition coefficient (Wildman–Crippen LogP) is 3.29. The van der Waals surface area contributed by atoms with E-state index in [0.29, 0.717) is 17.0 Å². The molecule has 0 aliphatic rings. The molecule has 1 N–H and O–H groups in total. The van der Waals surface area contributed by atoms with E-state index in [-0.39, 0.29) is 5.69 Å². The number of hydrogen-bond donors (Lipinski definition) is 1. The maximum atomic E-state index is 11.8. The molecule has 0 unspecified atom stereocenters. The molecule has 0 aliphatic heterocycles. The molecule has 4 rings (SSSR count). The summed E-state index contributed by atoms with van der Waals surface area (Å²) < 4.78 is 3.17. The van der Waals surface area contributed by atoms with E-state index in [0.717, 1.165) is 23.4 Å². The molecule has 4 aromatic rings. The SMILES string of the molecule is CCn1ccc(-c2cc(C(=O)O)n3nc(C)c(-c4ccccc4)c3n2)n1. The molecule has 0 aliphatic carbocycles. The molecular weight excluding hydrogens is 330 g/mol. The summed E-state index contributed by atoms with van der Waals surface area (Å²) in [5.74, 6) is -1.06. The van der Waals surface area contributed by atoms with E-state index in [9.17, 15) is 9.90 Å². The van der Waals surface area contributed by atoms with Gasteiger partial charge in [-0.2, -0.15) is 10.2 Å². The molecule has 0 saturated heterocycles. The Morgan fingerprint density at radius 1 is 1.12 bits per heavy atom. The molecule has 0 atom stereocenters. The van der Waals surface area contributed by atoms with E-state index < -0.39 is 5.97 Å². The summed E-state index contributed by atoms with van der Waals surface area (Å²) in [6, 6.07) is 13.1. The number of rotatable bonds is 4. The molecule has 0 radical (unpaired) electrons. The Balaban J connectivity index is 2.02. The fourth-order valence-electron chi connectivity index (χ4n) is 3.02. The summed E-state index contributed by atoms with van der Waals surface area (Å²) >= 11 is 0. The first kappa shape index (κ1) is 16.0. The molecule has 0 bridgehead atoms. The number of aromatic carboxylic acids is 1. The van der Waals surface area contributed by atoms with Gasteiger partial charge in [-0.3, -0.25) is 4.68 Å².